The highest BCUT2D eigenvalue weighted by molar-refractivity contribution is 5.81. The maximum absolute atomic E-state index is 12.3. The van der Waals surface area contributed by atoms with Gasteiger partial charge in [0.2, 0.25) is 0 Å². The highest BCUT2D eigenvalue weighted by atomic mass is 16.5. The first-order valence-electron chi connectivity index (χ1n) is 8.46. The van der Waals surface area contributed by atoms with Crippen LogP contribution < -0.4 is 0 Å². The van der Waals surface area contributed by atoms with Crippen LogP contribution in [0.3, 0.4) is 0 Å². The van der Waals surface area contributed by atoms with Crippen LogP contribution in [0.5, 0.6) is 0 Å². The number of piperidine rings is 1. The van der Waals surface area contributed by atoms with Crippen molar-refractivity contribution in [2.75, 3.05) is 40.0 Å². The van der Waals surface area contributed by atoms with E-state index in [4.69, 9.17) is 9.47 Å². The van der Waals surface area contributed by atoms with Crippen LogP contribution in [0.4, 0.5) is 0 Å². The van der Waals surface area contributed by atoms with Gasteiger partial charge in [-0.15, -0.1) is 0 Å². The SMILES string of the molecule is CN(C1CCOCC1)C1CCN(C(=O)C2CCCO2)CC1. The normalized spacial score (nSPS) is 29.2. The molecule has 0 aromatic carbocycles. The van der Waals surface area contributed by atoms with Crippen LogP contribution in [0.2, 0.25) is 0 Å². The molecule has 0 aliphatic carbocycles. The van der Waals surface area contributed by atoms with Crippen molar-refractivity contribution in [2.45, 2.75) is 56.7 Å². The van der Waals surface area contributed by atoms with Gasteiger partial charge in [-0.05, 0) is 45.6 Å². The predicted octanol–water partition coefficient (Wildman–Crippen LogP) is 1.27. The third-order valence-electron chi connectivity index (χ3n) is 5.32. The van der Waals surface area contributed by atoms with Crippen molar-refractivity contribution in [1.29, 1.82) is 0 Å². The summed E-state index contributed by atoms with van der Waals surface area (Å²) in [6, 6.07) is 1.27. The fraction of sp³-hybridized carbons (Fsp3) is 0.938. The van der Waals surface area contributed by atoms with Gasteiger partial charge in [0.05, 0.1) is 0 Å². The second-order valence-electron chi connectivity index (χ2n) is 6.57. The van der Waals surface area contributed by atoms with Gasteiger partial charge in [-0.3, -0.25) is 4.79 Å². The van der Waals surface area contributed by atoms with Gasteiger partial charge in [-0.2, -0.15) is 0 Å². The summed E-state index contributed by atoms with van der Waals surface area (Å²) >= 11 is 0. The van der Waals surface area contributed by atoms with E-state index in [1.807, 2.05) is 4.90 Å². The standard InChI is InChI=1S/C16H28N2O3/c1-17(14-6-11-20-12-7-14)13-4-8-18(9-5-13)16(19)15-3-2-10-21-15/h13-15H,2-12H2,1H3. The number of hydrogen-bond donors (Lipinski definition) is 0. The third-order valence-corrected chi connectivity index (χ3v) is 5.32. The van der Waals surface area contributed by atoms with E-state index in [1.165, 1.54) is 0 Å². The Kier molecular flexibility index (Phi) is 5.14. The summed E-state index contributed by atoms with van der Waals surface area (Å²) in [5, 5.41) is 0. The molecule has 0 aromatic heterocycles. The number of nitrogens with zero attached hydrogens (tertiary/aromatic N) is 2. The molecule has 0 saturated carbocycles. The Morgan fingerprint density at radius 3 is 2.29 bits per heavy atom. The van der Waals surface area contributed by atoms with Crippen LogP contribution in [0.15, 0.2) is 0 Å². The molecular formula is C16H28N2O3. The van der Waals surface area contributed by atoms with E-state index in [-0.39, 0.29) is 12.0 Å². The Bertz CT molecular complexity index is 343. The highest BCUT2D eigenvalue weighted by Gasteiger charge is 2.33. The van der Waals surface area contributed by atoms with Gasteiger partial charge in [0.1, 0.15) is 6.10 Å². The summed E-state index contributed by atoms with van der Waals surface area (Å²) in [6.07, 6.45) is 6.24. The largest absolute Gasteiger partial charge is 0.381 e. The lowest BCUT2D eigenvalue weighted by molar-refractivity contribution is -0.142. The molecule has 1 atom stereocenters. The zero-order valence-corrected chi connectivity index (χ0v) is 13.1. The molecule has 1 unspecified atom stereocenters. The number of carbonyl (C=O) groups excluding carboxylic acids is 1. The van der Waals surface area contributed by atoms with E-state index in [0.717, 1.165) is 71.4 Å². The highest BCUT2D eigenvalue weighted by Crippen LogP contribution is 2.23. The van der Waals surface area contributed by atoms with Crippen LogP contribution in [-0.2, 0) is 14.3 Å². The average Bonchev–Trinajstić information content (AvgIpc) is 3.09. The molecule has 5 nitrogen and oxygen atoms in total. The molecule has 5 heteroatoms. The van der Waals surface area contributed by atoms with E-state index >= 15 is 0 Å². The van der Waals surface area contributed by atoms with Crippen molar-refractivity contribution >= 4 is 5.91 Å². The Hall–Kier alpha value is -0.650. The van der Waals surface area contributed by atoms with Crippen molar-refractivity contribution in [1.82, 2.24) is 9.80 Å². The van der Waals surface area contributed by atoms with E-state index < -0.39 is 0 Å². The number of amides is 1. The van der Waals surface area contributed by atoms with Crippen LogP contribution in [0, 0.1) is 0 Å². The molecule has 0 spiro atoms. The molecule has 0 radical (unpaired) electrons. The molecular weight excluding hydrogens is 268 g/mol. The average molecular weight is 296 g/mol. The molecule has 3 rings (SSSR count). The number of likely N-dealkylation sites (tertiary alicyclic amines) is 1. The molecule has 0 N–H and O–H groups in total. The van der Waals surface area contributed by atoms with Crippen LogP contribution >= 0.6 is 0 Å². The Morgan fingerprint density at radius 1 is 1.00 bits per heavy atom. The molecule has 3 aliphatic rings. The van der Waals surface area contributed by atoms with Crippen molar-refractivity contribution in [3.63, 3.8) is 0 Å². The van der Waals surface area contributed by atoms with Gasteiger partial charge >= 0.3 is 0 Å². The van der Waals surface area contributed by atoms with Crippen LogP contribution in [-0.4, -0.2) is 73.9 Å². The maximum atomic E-state index is 12.3. The fourth-order valence-electron chi connectivity index (χ4n) is 3.86. The Balaban J connectivity index is 1.46. The number of carbonyl (C=O) groups is 1. The summed E-state index contributed by atoms with van der Waals surface area (Å²) < 4.78 is 11.0. The molecule has 3 fully saturated rings. The van der Waals surface area contributed by atoms with Gasteiger partial charge in [0.25, 0.3) is 5.91 Å². The lowest BCUT2D eigenvalue weighted by atomic mass is 9.98. The Morgan fingerprint density at radius 2 is 1.67 bits per heavy atom. The minimum atomic E-state index is -0.158. The van der Waals surface area contributed by atoms with Gasteiger partial charge in [-0.25, -0.2) is 0 Å². The first kappa shape index (κ1) is 15.3. The van der Waals surface area contributed by atoms with Gasteiger partial charge in [0.15, 0.2) is 0 Å². The molecule has 3 heterocycles. The second-order valence-corrected chi connectivity index (χ2v) is 6.57. The van der Waals surface area contributed by atoms with Crippen molar-refractivity contribution < 1.29 is 14.3 Å². The van der Waals surface area contributed by atoms with Crippen LogP contribution in [0.25, 0.3) is 0 Å². The number of ether oxygens (including phenoxy) is 2. The molecule has 3 aliphatic heterocycles. The zero-order chi connectivity index (χ0) is 14.7. The van der Waals surface area contributed by atoms with E-state index in [2.05, 4.69) is 11.9 Å². The summed E-state index contributed by atoms with van der Waals surface area (Å²) in [7, 11) is 2.25. The maximum Gasteiger partial charge on any atom is 0.251 e. The second kappa shape index (κ2) is 7.07. The van der Waals surface area contributed by atoms with Gasteiger partial charge in [-0.1, -0.05) is 0 Å². The molecule has 3 saturated heterocycles. The van der Waals surface area contributed by atoms with Crippen molar-refractivity contribution in [3.8, 4) is 0 Å². The minimum absolute atomic E-state index is 0.158. The molecule has 0 aromatic rings. The van der Waals surface area contributed by atoms with Crippen molar-refractivity contribution in [2.24, 2.45) is 0 Å². The predicted molar refractivity (Wildman–Crippen MR) is 80.2 cm³/mol. The van der Waals surface area contributed by atoms with Crippen molar-refractivity contribution in [3.05, 3.63) is 0 Å². The van der Waals surface area contributed by atoms with E-state index in [9.17, 15) is 4.79 Å². The molecule has 21 heavy (non-hydrogen) atoms. The third kappa shape index (κ3) is 3.58. The smallest absolute Gasteiger partial charge is 0.251 e. The summed E-state index contributed by atoms with van der Waals surface area (Å²) in [5.74, 6) is 0.222. The quantitative estimate of drug-likeness (QED) is 0.786. The summed E-state index contributed by atoms with van der Waals surface area (Å²) in [4.78, 5) is 16.9. The van der Waals surface area contributed by atoms with Crippen LogP contribution in [0.1, 0.15) is 38.5 Å². The minimum Gasteiger partial charge on any atom is -0.381 e. The van der Waals surface area contributed by atoms with Gasteiger partial charge in [0, 0.05) is 45.0 Å². The summed E-state index contributed by atoms with van der Waals surface area (Å²) in [6.45, 7) is 4.31. The summed E-state index contributed by atoms with van der Waals surface area (Å²) in [5.41, 5.74) is 0. The fourth-order valence-corrected chi connectivity index (χ4v) is 3.86. The number of rotatable bonds is 3. The number of hydrogen-bond acceptors (Lipinski definition) is 4. The molecule has 0 bridgehead atoms. The topological polar surface area (TPSA) is 42.0 Å². The van der Waals surface area contributed by atoms with E-state index in [0.29, 0.717) is 12.1 Å². The lowest BCUT2D eigenvalue weighted by Crippen LogP contribution is -2.51. The zero-order valence-electron chi connectivity index (χ0n) is 13.1. The first-order chi connectivity index (χ1) is 10.3. The van der Waals surface area contributed by atoms with E-state index in [1.54, 1.807) is 0 Å². The molecule has 1 amide bonds. The first-order valence-corrected chi connectivity index (χ1v) is 8.46. The monoisotopic (exact) mass is 296 g/mol. The Labute approximate surface area is 127 Å². The lowest BCUT2D eigenvalue weighted by Gasteiger charge is -2.41. The van der Waals surface area contributed by atoms with Gasteiger partial charge < -0.3 is 19.3 Å². The molecule has 120 valence electrons.